The highest BCUT2D eigenvalue weighted by Gasteiger charge is 2.18. The molecule has 0 aromatic rings. The van der Waals surface area contributed by atoms with E-state index in [0.717, 1.165) is 32.5 Å². The molecular weight excluding hydrogens is 292 g/mol. The lowest BCUT2D eigenvalue weighted by molar-refractivity contribution is -0.127. The van der Waals surface area contributed by atoms with Crippen LogP contribution in [0.15, 0.2) is 4.99 Å². The van der Waals surface area contributed by atoms with Crippen molar-refractivity contribution in [2.24, 2.45) is 4.99 Å². The van der Waals surface area contributed by atoms with Gasteiger partial charge >= 0.3 is 0 Å². The second-order valence-corrected chi connectivity index (χ2v) is 7.41. The first-order valence-corrected chi connectivity index (χ1v) is 9.46. The van der Waals surface area contributed by atoms with Gasteiger partial charge in [0.15, 0.2) is 5.96 Å². The lowest BCUT2D eigenvalue weighted by atomic mass is 10.4. The first kappa shape index (κ1) is 17.7. The number of hydrogen-bond donors (Lipinski definition) is 2. The number of aliphatic imine (C=N–C) groups is 1. The van der Waals surface area contributed by atoms with Crippen molar-refractivity contribution in [3.63, 3.8) is 0 Å². The van der Waals surface area contributed by atoms with Gasteiger partial charge < -0.3 is 15.5 Å². The van der Waals surface area contributed by atoms with E-state index in [2.05, 4.69) is 15.6 Å². The van der Waals surface area contributed by atoms with Crippen LogP contribution < -0.4 is 10.6 Å². The maximum atomic E-state index is 11.4. The predicted molar refractivity (Wildman–Crippen MR) is 84.1 cm³/mol. The number of sulfone groups is 1. The molecule has 1 amide bonds. The van der Waals surface area contributed by atoms with Crippen molar-refractivity contribution >= 4 is 21.7 Å². The summed E-state index contributed by atoms with van der Waals surface area (Å²) in [6, 6.07) is 0. The third kappa shape index (κ3) is 7.89. The molecule has 0 atom stereocenters. The van der Waals surface area contributed by atoms with Gasteiger partial charge in [-0.05, 0) is 19.8 Å². The summed E-state index contributed by atoms with van der Waals surface area (Å²) in [4.78, 5) is 17.7. The zero-order chi connectivity index (χ0) is 15.7. The Balaban J connectivity index is 2.28. The van der Waals surface area contributed by atoms with Crippen LogP contribution in [0.4, 0.5) is 0 Å². The Hall–Kier alpha value is -1.31. The monoisotopic (exact) mass is 318 g/mol. The van der Waals surface area contributed by atoms with Gasteiger partial charge in [-0.25, -0.2) is 8.42 Å². The molecule has 122 valence electrons. The molecule has 0 aromatic heterocycles. The van der Waals surface area contributed by atoms with Gasteiger partial charge in [0.2, 0.25) is 5.91 Å². The molecule has 0 saturated carbocycles. The molecule has 21 heavy (non-hydrogen) atoms. The maximum absolute atomic E-state index is 11.4. The van der Waals surface area contributed by atoms with Crippen molar-refractivity contribution in [3.8, 4) is 0 Å². The van der Waals surface area contributed by atoms with E-state index in [9.17, 15) is 13.2 Å². The van der Waals surface area contributed by atoms with E-state index >= 15 is 0 Å². The number of guanidine groups is 1. The Morgan fingerprint density at radius 1 is 1.38 bits per heavy atom. The van der Waals surface area contributed by atoms with Gasteiger partial charge in [0.05, 0.1) is 5.75 Å². The number of likely N-dealkylation sites (tertiary alicyclic amines) is 1. The third-order valence-corrected chi connectivity index (χ3v) is 4.08. The summed E-state index contributed by atoms with van der Waals surface area (Å²) in [5.74, 6) is 0.936. The SMILES string of the molecule is CCNC(=NCCCN1CCCC1=O)NCCS(C)(=O)=O. The highest BCUT2D eigenvalue weighted by atomic mass is 32.2. The van der Waals surface area contributed by atoms with Gasteiger partial charge in [-0.1, -0.05) is 0 Å². The van der Waals surface area contributed by atoms with Crippen molar-refractivity contribution in [2.75, 3.05) is 44.7 Å². The standard InChI is InChI=1S/C13H26N4O3S/c1-3-14-13(16-8-11-21(2,19)20)15-7-5-10-17-9-4-6-12(17)18/h3-11H2,1-2H3,(H2,14,15,16). The van der Waals surface area contributed by atoms with Crippen LogP contribution in [0.1, 0.15) is 26.2 Å². The van der Waals surface area contributed by atoms with Crippen molar-refractivity contribution in [1.82, 2.24) is 15.5 Å². The smallest absolute Gasteiger partial charge is 0.222 e. The molecule has 1 aliphatic rings. The summed E-state index contributed by atoms with van der Waals surface area (Å²) in [7, 11) is -2.97. The van der Waals surface area contributed by atoms with Gasteiger partial charge in [-0.3, -0.25) is 9.79 Å². The lowest BCUT2D eigenvalue weighted by Crippen LogP contribution is -2.39. The van der Waals surface area contributed by atoms with Gasteiger partial charge in [-0.2, -0.15) is 0 Å². The van der Waals surface area contributed by atoms with E-state index in [1.165, 1.54) is 6.26 Å². The van der Waals surface area contributed by atoms with Crippen LogP contribution in [0, 0.1) is 0 Å². The van der Waals surface area contributed by atoms with Crippen LogP contribution in [0.2, 0.25) is 0 Å². The molecule has 0 aliphatic carbocycles. The summed E-state index contributed by atoms with van der Waals surface area (Å²) in [5.41, 5.74) is 0. The van der Waals surface area contributed by atoms with E-state index in [1.54, 1.807) is 0 Å². The number of rotatable bonds is 8. The number of nitrogens with one attached hydrogen (secondary N) is 2. The van der Waals surface area contributed by atoms with Gasteiger partial charge in [-0.15, -0.1) is 0 Å². The zero-order valence-electron chi connectivity index (χ0n) is 12.9. The zero-order valence-corrected chi connectivity index (χ0v) is 13.7. The summed E-state index contributed by atoms with van der Waals surface area (Å²) in [6.45, 7) is 5.22. The molecule has 0 bridgehead atoms. The number of carbonyl (C=O) groups excluding carboxylic acids is 1. The summed E-state index contributed by atoms with van der Waals surface area (Å²) in [6.07, 6.45) is 3.65. The minimum Gasteiger partial charge on any atom is -0.357 e. The fourth-order valence-corrected chi connectivity index (χ4v) is 2.56. The summed E-state index contributed by atoms with van der Waals surface area (Å²) < 4.78 is 22.1. The second kappa shape index (κ2) is 8.86. The van der Waals surface area contributed by atoms with E-state index in [4.69, 9.17) is 0 Å². The highest BCUT2D eigenvalue weighted by Crippen LogP contribution is 2.09. The maximum Gasteiger partial charge on any atom is 0.222 e. The molecule has 1 rings (SSSR count). The average Bonchev–Trinajstić information content (AvgIpc) is 2.79. The molecule has 0 spiro atoms. The van der Waals surface area contributed by atoms with E-state index < -0.39 is 9.84 Å². The quantitative estimate of drug-likeness (QED) is 0.361. The Kier molecular flexibility index (Phi) is 7.49. The van der Waals surface area contributed by atoms with Gasteiger partial charge in [0.1, 0.15) is 9.84 Å². The minimum atomic E-state index is -2.97. The normalized spacial score (nSPS) is 16.4. The Morgan fingerprint density at radius 3 is 2.71 bits per heavy atom. The summed E-state index contributed by atoms with van der Waals surface area (Å²) in [5, 5.41) is 6.06. The molecule has 1 heterocycles. The van der Waals surface area contributed by atoms with Crippen molar-refractivity contribution in [1.29, 1.82) is 0 Å². The third-order valence-electron chi connectivity index (χ3n) is 3.14. The number of nitrogens with zero attached hydrogens (tertiary/aromatic N) is 2. The van der Waals surface area contributed by atoms with Crippen LogP contribution in [-0.2, 0) is 14.6 Å². The topological polar surface area (TPSA) is 90.9 Å². The first-order chi connectivity index (χ1) is 9.92. The van der Waals surface area contributed by atoms with E-state index in [-0.39, 0.29) is 11.7 Å². The van der Waals surface area contributed by atoms with Crippen LogP contribution in [0.25, 0.3) is 0 Å². The molecule has 0 unspecified atom stereocenters. The van der Waals surface area contributed by atoms with Crippen molar-refractivity contribution in [3.05, 3.63) is 0 Å². The Labute approximate surface area is 127 Å². The Morgan fingerprint density at radius 2 is 2.14 bits per heavy atom. The van der Waals surface area contributed by atoms with Gasteiger partial charge in [0, 0.05) is 45.4 Å². The molecule has 1 saturated heterocycles. The molecule has 2 N–H and O–H groups in total. The fraction of sp³-hybridized carbons (Fsp3) is 0.846. The molecular formula is C13H26N4O3S. The second-order valence-electron chi connectivity index (χ2n) is 5.16. The number of carbonyl (C=O) groups is 1. The number of hydrogen-bond acceptors (Lipinski definition) is 4. The lowest BCUT2D eigenvalue weighted by Gasteiger charge is -2.15. The average molecular weight is 318 g/mol. The van der Waals surface area contributed by atoms with Gasteiger partial charge in [0.25, 0.3) is 0 Å². The van der Waals surface area contributed by atoms with Crippen LogP contribution in [0.5, 0.6) is 0 Å². The van der Waals surface area contributed by atoms with E-state index in [1.807, 2.05) is 11.8 Å². The largest absolute Gasteiger partial charge is 0.357 e. The molecule has 0 radical (unpaired) electrons. The van der Waals surface area contributed by atoms with Crippen LogP contribution in [-0.4, -0.2) is 69.9 Å². The molecule has 7 nitrogen and oxygen atoms in total. The Bertz CT molecular complexity index is 462. The van der Waals surface area contributed by atoms with E-state index in [0.29, 0.717) is 25.5 Å². The molecule has 1 aliphatic heterocycles. The summed E-state index contributed by atoms with van der Waals surface area (Å²) >= 11 is 0. The first-order valence-electron chi connectivity index (χ1n) is 7.40. The molecule has 0 aromatic carbocycles. The molecule has 8 heteroatoms. The van der Waals surface area contributed by atoms with Crippen LogP contribution >= 0.6 is 0 Å². The number of amides is 1. The predicted octanol–water partition coefficient (Wildman–Crippen LogP) is -0.401. The highest BCUT2D eigenvalue weighted by molar-refractivity contribution is 7.90. The molecule has 1 fully saturated rings. The minimum absolute atomic E-state index is 0.0830. The van der Waals surface area contributed by atoms with Crippen LogP contribution in [0.3, 0.4) is 0 Å². The van der Waals surface area contributed by atoms with Crippen molar-refractivity contribution in [2.45, 2.75) is 26.2 Å². The fourth-order valence-electron chi connectivity index (χ4n) is 2.09. The van der Waals surface area contributed by atoms with Crippen molar-refractivity contribution < 1.29 is 13.2 Å².